The molecule has 1 aliphatic rings. The summed E-state index contributed by atoms with van der Waals surface area (Å²) in [5.74, 6) is 0.678. The topological polar surface area (TPSA) is 91.9 Å². The van der Waals surface area contributed by atoms with Crippen LogP contribution in [0.3, 0.4) is 0 Å². The first-order valence-electron chi connectivity index (χ1n) is 7.66. The Kier molecular flexibility index (Phi) is 4.75. The number of rotatable bonds is 6. The third-order valence-electron chi connectivity index (χ3n) is 3.90. The summed E-state index contributed by atoms with van der Waals surface area (Å²) in [5.41, 5.74) is 0.651. The maximum absolute atomic E-state index is 13.3. The molecular weight excluding hydrogens is 333 g/mol. The van der Waals surface area contributed by atoms with Crippen LogP contribution in [0.1, 0.15) is 29.7 Å². The molecule has 1 fully saturated rings. The number of imidazole rings is 1. The van der Waals surface area contributed by atoms with Gasteiger partial charge in [0.2, 0.25) is 7.37 Å². The van der Waals surface area contributed by atoms with E-state index in [1.54, 1.807) is 6.20 Å². The molecular formula is C14H22N5O2PS. The molecule has 3 atom stereocenters. The normalized spacial score (nSPS) is 25.4. The van der Waals surface area contributed by atoms with Crippen molar-refractivity contribution in [2.24, 2.45) is 0 Å². The summed E-state index contributed by atoms with van der Waals surface area (Å²) in [6.07, 6.45) is 5.08. The highest BCUT2D eigenvalue weighted by atomic mass is 32.1. The Morgan fingerprint density at radius 3 is 3.00 bits per heavy atom. The molecule has 0 saturated carbocycles. The van der Waals surface area contributed by atoms with E-state index in [-0.39, 0.29) is 11.8 Å². The molecule has 0 spiro atoms. The van der Waals surface area contributed by atoms with Gasteiger partial charge < -0.3 is 20.1 Å². The third kappa shape index (κ3) is 3.59. The fourth-order valence-electron chi connectivity index (χ4n) is 2.65. The second-order valence-electron chi connectivity index (χ2n) is 5.75. The summed E-state index contributed by atoms with van der Waals surface area (Å²) >= 11 is 1.52. The monoisotopic (exact) mass is 355 g/mol. The van der Waals surface area contributed by atoms with E-state index in [9.17, 15) is 4.57 Å². The molecule has 0 amide bonds. The number of H-pyrrole nitrogens is 1. The van der Waals surface area contributed by atoms with E-state index in [2.05, 4.69) is 25.6 Å². The largest absolute Gasteiger partial charge is 0.379 e. The molecule has 3 heterocycles. The fourth-order valence-corrected chi connectivity index (χ4v) is 6.82. The zero-order chi connectivity index (χ0) is 16.4. The Morgan fingerprint density at radius 2 is 2.43 bits per heavy atom. The maximum atomic E-state index is 13.3. The molecule has 3 N–H and O–H groups in total. The lowest BCUT2D eigenvalue weighted by molar-refractivity contribution is 0.250. The van der Waals surface area contributed by atoms with Crippen molar-refractivity contribution >= 4 is 29.7 Å². The number of nitrogens with one attached hydrogen (secondary N) is 3. The fraction of sp³-hybridized carbons (Fsp3) is 0.571. The van der Waals surface area contributed by atoms with E-state index < -0.39 is 7.37 Å². The van der Waals surface area contributed by atoms with Gasteiger partial charge in [0.1, 0.15) is 15.7 Å². The minimum atomic E-state index is -2.77. The van der Waals surface area contributed by atoms with E-state index in [1.165, 1.54) is 11.3 Å². The molecule has 23 heavy (non-hydrogen) atoms. The van der Waals surface area contributed by atoms with Gasteiger partial charge in [0, 0.05) is 26.0 Å². The molecule has 9 heteroatoms. The molecule has 1 saturated heterocycles. The molecule has 2 unspecified atom stereocenters. The molecule has 2 aromatic rings. The van der Waals surface area contributed by atoms with Crippen LogP contribution in [0, 0.1) is 6.92 Å². The van der Waals surface area contributed by atoms with Crippen molar-refractivity contribution in [3.8, 4) is 0 Å². The summed E-state index contributed by atoms with van der Waals surface area (Å²) in [5, 5.41) is 8.11. The second kappa shape index (κ2) is 6.63. The summed E-state index contributed by atoms with van der Waals surface area (Å²) in [4.78, 5) is 11.8. The highest BCUT2D eigenvalue weighted by molar-refractivity contribution is 7.60. The van der Waals surface area contributed by atoms with Crippen molar-refractivity contribution < 1.29 is 9.09 Å². The van der Waals surface area contributed by atoms with Gasteiger partial charge >= 0.3 is 0 Å². The van der Waals surface area contributed by atoms with Crippen LogP contribution < -0.4 is 10.6 Å². The van der Waals surface area contributed by atoms with Crippen molar-refractivity contribution in [1.82, 2.24) is 15.0 Å². The number of aromatic amines is 1. The van der Waals surface area contributed by atoms with Gasteiger partial charge in [-0.1, -0.05) is 0 Å². The first-order chi connectivity index (χ1) is 11.0. The lowest BCUT2D eigenvalue weighted by atomic mass is 10.3. The van der Waals surface area contributed by atoms with Crippen LogP contribution in [0.5, 0.6) is 0 Å². The number of aryl methyl sites for hydroxylation is 1. The Morgan fingerprint density at radius 1 is 1.61 bits per heavy atom. The van der Waals surface area contributed by atoms with Gasteiger partial charge in [0.15, 0.2) is 5.95 Å². The van der Waals surface area contributed by atoms with Crippen LogP contribution in [-0.2, 0) is 9.09 Å². The number of aromatic nitrogens is 3. The number of hydrogen-bond donors (Lipinski definition) is 3. The summed E-state index contributed by atoms with van der Waals surface area (Å²) in [7, 11) is -0.916. The van der Waals surface area contributed by atoms with Crippen molar-refractivity contribution in [2.75, 3.05) is 30.4 Å². The van der Waals surface area contributed by atoms with E-state index in [1.807, 2.05) is 27.1 Å². The van der Waals surface area contributed by atoms with E-state index >= 15 is 0 Å². The lowest BCUT2D eigenvalue weighted by Gasteiger charge is -2.22. The molecule has 0 aliphatic carbocycles. The van der Waals surface area contributed by atoms with Gasteiger partial charge in [-0.15, -0.1) is 11.3 Å². The summed E-state index contributed by atoms with van der Waals surface area (Å²) in [6.45, 7) is 4.37. The Balaban J connectivity index is 1.82. The second-order valence-corrected chi connectivity index (χ2v) is 9.55. The van der Waals surface area contributed by atoms with Crippen molar-refractivity contribution in [3.63, 3.8) is 0 Å². The van der Waals surface area contributed by atoms with Crippen LogP contribution in [0.4, 0.5) is 10.9 Å². The minimum Gasteiger partial charge on any atom is -0.379 e. The summed E-state index contributed by atoms with van der Waals surface area (Å²) in [6, 6.07) is 0. The average Bonchev–Trinajstić information content (AvgIpc) is 3.21. The highest BCUT2D eigenvalue weighted by Gasteiger charge is 2.42. The predicted octanol–water partition coefficient (Wildman–Crippen LogP) is 3.46. The van der Waals surface area contributed by atoms with Gasteiger partial charge in [-0.25, -0.2) is 9.97 Å². The molecule has 0 aromatic carbocycles. The SMILES string of the molecule is CNc1cnc(C(CNc2nc(C)c[nH]2)P2(=O)CC[C@@H](C)O2)s1. The first kappa shape index (κ1) is 16.5. The van der Waals surface area contributed by atoms with E-state index in [0.29, 0.717) is 18.7 Å². The molecule has 2 aromatic heterocycles. The van der Waals surface area contributed by atoms with Crippen LogP contribution in [0.15, 0.2) is 12.4 Å². The zero-order valence-electron chi connectivity index (χ0n) is 13.5. The van der Waals surface area contributed by atoms with Gasteiger partial charge in [-0.3, -0.25) is 4.57 Å². The van der Waals surface area contributed by atoms with Crippen molar-refractivity contribution in [3.05, 3.63) is 23.1 Å². The molecule has 3 rings (SSSR count). The van der Waals surface area contributed by atoms with Crippen LogP contribution >= 0.6 is 18.7 Å². The highest BCUT2D eigenvalue weighted by Crippen LogP contribution is 2.65. The smallest absolute Gasteiger partial charge is 0.214 e. The standard InChI is InChI=1S/C14H22N5O2PS/c1-9-6-17-14(19-9)18-7-11(13-16-8-12(15-3)23-13)22(20)5-4-10(2)21-22/h6,8,10-11,15H,4-5,7H2,1-3H3,(H2,17,18,19)/t10-,11?,22?/m1/s1. The molecule has 0 radical (unpaired) electrons. The molecule has 0 bridgehead atoms. The maximum Gasteiger partial charge on any atom is 0.214 e. The molecule has 126 valence electrons. The van der Waals surface area contributed by atoms with Crippen molar-refractivity contribution in [2.45, 2.75) is 32.0 Å². The Bertz CT molecular complexity index is 716. The van der Waals surface area contributed by atoms with Crippen LogP contribution in [-0.4, -0.2) is 40.8 Å². The van der Waals surface area contributed by atoms with Gasteiger partial charge in [0.25, 0.3) is 0 Å². The van der Waals surface area contributed by atoms with Crippen molar-refractivity contribution in [1.29, 1.82) is 0 Å². The Labute approximate surface area is 139 Å². The van der Waals surface area contributed by atoms with E-state index in [4.69, 9.17) is 4.52 Å². The molecule has 1 aliphatic heterocycles. The number of hydrogen-bond acceptors (Lipinski definition) is 7. The minimum absolute atomic E-state index is 0.0397. The lowest BCUT2D eigenvalue weighted by Crippen LogP contribution is -2.15. The average molecular weight is 355 g/mol. The summed E-state index contributed by atoms with van der Waals surface area (Å²) < 4.78 is 19.1. The molecule has 7 nitrogen and oxygen atoms in total. The quantitative estimate of drug-likeness (QED) is 0.688. The number of nitrogens with zero attached hydrogens (tertiary/aromatic N) is 2. The van der Waals surface area contributed by atoms with Gasteiger partial charge in [0.05, 0.1) is 18.0 Å². The number of thiazole rings is 1. The Hall–Kier alpha value is -1.37. The zero-order valence-corrected chi connectivity index (χ0v) is 15.2. The third-order valence-corrected chi connectivity index (χ3v) is 8.18. The van der Waals surface area contributed by atoms with Crippen LogP contribution in [0.2, 0.25) is 0 Å². The van der Waals surface area contributed by atoms with Crippen LogP contribution in [0.25, 0.3) is 0 Å². The first-order valence-corrected chi connectivity index (χ1v) is 10.4. The predicted molar refractivity (Wildman–Crippen MR) is 93.9 cm³/mol. The van der Waals surface area contributed by atoms with Gasteiger partial charge in [-0.05, 0) is 20.3 Å². The van der Waals surface area contributed by atoms with Gasteiger partial charge in [-0.2, -0.15) is 0 Å². The number of anilines is 2. The van der Waals surface area contributed by atoms with E-state index in [0.717, 1.165) is 22.1 Å².